The summed E-state index contributed by atoms with van der Waals surface area (Å²) in [5, 5.41) is 24.8. The first-order valence-corrected chi connectivity index (χ1v) is 27.0. The Kier molecular flexibility index (Phi) is 15.5. The number of carbonyl (C=O) groups is 5. The average Bonchev–Trinajstić information content (AvgIpc) is 4.09. The van der Waals surface area contributed by atoms with Crippen molar-refractivity contribution in [3.8, 4) is 16.2 Å². The second kappa shape index (κ2) is 21.7. The van der Waals surface area contributed by atoms with E-state index in [1.54, 1.807) is 17.4 Å². The molecule has 1 saturated heterocycles. The molecule has 3 aliphatic carbocycles. The number of ether oxygens (including phenoxy) is 3. The van der Waals surface area contributed by atoms with E-state index >= 15 is 0 Å². The number of aliphatic hydroxyl groups is 1. The van der Waals surface area contributed by atoms with E-state index in [0.717, 1.165) is 76.7 Å². The highest BCUT2D eigenvalue weighted by Crippen LogP contribution is 2.65. The molecule has 10 atom stereocenters. The Bertz CT molecular complexity index is 2720. The molecular weight excluding hydrogens is 945 g/mol. The van der Waals surface area contributed by atoms with Crippen molar-refractivity contribution < 1.29 is 43.3 Å². The largest absolute Gasteiger partial charge is 0.491 e. The van der Waals surface area contributed by atoms with Crippen LogP contribution >= 0.6 is 11.3 Å². The van der Waals surface area contributed by atoms with Crippen molar-refractivity contribution in [1.82, 2.24) is 25.8 Å². The number of thiazole rings is 1. The van der Waals surface area contributed by atoms with Crippen LogP contribution < -0.4 is 26.0 Å². The van der Waals surface area contributed by atoms with Crippen LogP contribution in [-0.2, 0) is 40.0 Å². The number of aryl methyl sites for hydroxylation is 1. The highest BCUT2D eigenvalue weighted by Gasteiger charge is 2.61. The van der Waals surface area contributed by atoms with Gasteiger partial charge in [0.2, 0.25) is 29.5 Å². The summed E-state index contributed by atoms with van der Waals surface area (Å²) in [6.45, 7) is 13.0. The van der Waals surface area contributed by atoms with Crippen LogP contribution in [0.1, 0.15) is 90.8 Å². The minimum atomic E-state index is -0.975. The summed E-state index contributed by atoms with van der Waals surface area (Å²) in [6.07, 6.45) is 9.24. The Morgan fingerprint density at radius 2 is 1.71 bits per heavy atom. The van der Waals surface area contributed by atoms with Crippen LogP contribution in [0, 0.1) is 46.8 Å². The van der Waals surface area contributed by atoms with Gasteiger partial charge in [-0.05, 0) is 121 Å². The lowest BCUT2D eigenvalue weighted by Crippen LogP contribution is -2.59. The molecule has 9 rings (SSSR count). The van der Waals surface area contributed by atoms with Crippen molar-refractivity contribution in [1.29, 1.82) is 0 Å². The summed E-state index contributed by atoms with van der Waals surface area (Å²) in [5.74, 6) is 0.977. The van der Waals surface area contributed by atoms with Crippen molar-refractivity contribution in [3.05, 3.63) is 89.6 Å². The van der Waals surface area contributed by atoms with Gasteiger partial charge in [0.25, 0.3) is 0 Å². The SMILES string of the molecule is Cc1ncsc1-c1ccc(CNC(=O)[C@@H]2C[C@@H](O)CN2C(=O)[C@@H](NC(=O)COCCOCCOc2ccc3c(NC(=O)[C@H]4CC[C@H]5[C@@H]6CC[C@H]7NC(=O)C=C[C@]7(C)[C@H]6CC[C@]45C)cccc3c2)C(C)(C)C)cc1. The second-order valence-corrected chi connectivity index (χ2v) is 23.4. The lowest BCUT2D eigenvalue weighted by Gasteiger charge is -2.58. The van der Waals surface area contributed by atoms with Gasteiger partial charge in [-0.2, -0.15) is 0 Å². The molecule has 3 saturated carbocycles. The third-order valence-electron chi connectivity index (χ3n) is 16.9. The molecule has 15 nitrogen and oxygen atoms in total. The van der Waals surface area contributed by atoms with E-state index in [9.17, 15) is 29.1 Å². The number of anilines is 1. The zero-order valence-electron chi connectivity index (χ0n) is 43.0. The number of rotatable bonds is 17. The van der Waals surface area contributed by atoms with E-state index in [1.807, 2.05) is 93.9 Å². The van der Waals surface area contributed by atoms with E-state index in [4.69, 9.17) is 14.2 Å². The van der Waals surface area contributed by atoms with Gasteiger partial charge in [0.05, 0.1) is 42.0 Å². The van der Waals surface area contributed by atoms with Crippen LogP contribution in [0.5, 0.6) is 5.75 Å². The number of carbonyl (C=O) groups excluding carboxylic acids is 5. The quantitative estimate of drug-likeness (QED) is 0.0668. The van der Waals surface area contributed by atoms with Gasteiger partial charge in [0.15, 0.2) is 0 Å². The number of hydrogen-bond donors (Lipinski definition) is 5. The van der Waals surface area contributed by atoms with Crippen molar-refractivity contribution in [3.63, 3.8) is 0 Å². The minimum absolute atomic E-state index is 0.0194. The van der Waals surface area contributed by atoms with Crippen LogP contribution in [0.2, 0.25) is 0 Å². The molecule has 0 unspecified atom stereocenters. The fourth-order valence-corrected chi connectivity index (χ4v) is 13.8. The Morgan fingerprint density at radius 3 is 2.48 bits per heavy atom. The van der Waals surface area contributed by atoms with Crippen molar-refractivity contribution in [2.45, 2.75) is 117 Å². The molecule has 0 radical (unpaired) electrons. The van der Waals surface area contributed by atoms with Crippen LogP contribution in [-0.4, -0.2) is 108 Å². The molecule has 16 heteroatoms. The number of β-amino-alcohol motifs (C(OH)–C–C–N with tert-alkyl or cyclic N) is 1. The summed E-state index contributed by atoms with van der Waals surface area (Å²) < 4.78 is 17.4. The van der Waals surface area contributed by atoms with Crippen LogP contribution in [0.15, 0.2) is 78.3 Å². The average molecular weight is 1020 g/mol. The molecular formula is C57H72N6O9S. The van der Waals surface area contributed by atoms with E-state index in [0.29, 0.717) is 23.5 Å². The van der Waals surface area contributed by atoms with E-state index in [2.05, 4.69) is 46.2 Å². The molecule has 5 aliphatic rings. The normalized spacial score (nSPS) is 27.8. The van der Waals surface area contributed by atoms with E-state index in [-0.39, 0.29) is 93.1 Å². The summed E-state index contributed by atoms with van der Waals surface area (Å²) in [4.78, 5) is 73.8. The maximum Gasteiger partial charge on any atom is 0.246 e. The monoisotopic (exact) mass is 1020 g/mol. The van der Waals surface area contributed by atoms with E-state index < -0.39 is 35.4 Å². The Labute approximate surface area is 432 Å². The van der Waals surface area contributed by atoms with Crippen LogP contribution in [0.3, 0.4) is 0 Å². The molecule has 0 bridgehead atoms. The lowest BCUT2D eigenvalue weighted by molar-refractivity contribution is -0.144. The van der Waals surface area contributed by atoms with Gasteiger partial charge < -0.3 is 45.5 Å². The molecule has 5 amide bonds. The zero-order chi connectivity index (χ0) is 51.7. The van der Waals surface area contributed by atoms with E-state index in [1.165, 1.54) is 4.90 Å². The molecule has 4 fully saturated rings. The van der Waals surface area contributed by atoms with Gasteiger partial charge >= 0.3 is 0 Å². The number of hydrogen-bond acceptors (Lipinski definition) is 11. The topological polar surface area (TPSA) is 198 Å². The first kappa shape index (κ1) is 52.2. The summed E-state index contributed by atoms with van der Waals surface area (Å²) in [5.41, 5.74) is 4.70. The number of nitrogens with one attached hydrogen (secondary N) is 4. The molecule has 4 aromatic rings. The van der Waals surface area contributed by atoms with Crippen LogP contribution in [0.25, 0.3) is 21.2 Å². The number of fused-ring (bicyclic) bond motifs is 6. The fourth-order valence-electron chi connectivity index (χ4n) is 13.0. The Morgan fingerprint density at radius 1 is 0.932 bits per heavy atom. The minimum Gasteiger partial charge on any atom is -0.491 e. The predicted molar refractivity (Wildman–Crippen MR) is 280 cm³/mol. The number of aliphatic hydroxyl groups excluding tert-OH is 1. The number of amides is 5. The molecule has 3 heterocycles. The van der Waals surface area contributed by atoms with Gasteiger partial charge in [0.1, 0.15) is 31.0 Å². The molecule has 0 spiro atoms. The number of benzene rings is 3. The smallest absolute Gasteiger partial charge is 0.246 e. The molecule has 73 heavy (non-hydrogen) atoms. The second-order valence-electron chi connectivity index (χ2n) is 22.5. The molecule has 1 aromatic heterocycles. The molecule has 3 aromatic carbocycles. The predicted octanol–water partition coefficient (Wildman–Crippen LogP) is 7.34. The highest BCUT2D eigenvalue weighted by molar-refractivity contribution is 7.13. The first-order valence-electron chi connectivity index (χ1n) is 26.1. The van der Waals surface area contributed by atoms with Gasteiger partial charge in [0, 0.05) is 48.0 Å². The standard InChI is InChI=1S/C57H72N6O9S/c1-34-50(73-33-59-34)36-12-10-35(11-13-36)30-58-53(68)46-29-38(64)31-63(46)54(69)51(55(2,3)4)62-49(66)32-71-25-24-70-26-27-72-39-14-15-40-37(28-39)8-7-9-45(40)60-52(67)44-18-17-42-41-16-19-47-57(6,23-21-48(65)61-47)43(41)20-22-56(42,44)5/h7-15,21,23,28,33,38,41-44,46-47,51,64H,16-20,22,24-27,29-32H2,1-6H3,(H,58,68)(H,60,67)(H,61,65)(H,62,66)/t38-,41+,42+,43+,44-,46+,47-,51-,56+,57-/m1/s1. The lowest BCUT2D eigenvalue weighted by atomic mass is 9.48. The summed E-state index contributed by atoms with van der Waals surface area (Å²) >= 11 is 1.57. The number of nitrogens with zero attached hydrogens (tertiary/aromatic N) is 2. The third kappa shape index (κ3) is 11.1. The van der Waals surface area contributed by atoms with Crippen molar-refractivity contribution >= 4 is 57.3 Å². The maximum atomic E-state index is 14.2. The van der Waals surface area contributed by atoms with Crippen LogP contribution in [0.4, 0.5) is 5.69 Å². The number of likely N-dealkylation sites (tertiary alicyclic amines) is 1. The van der Waals surface area contributed by atoms with Gasteiger partial charge in [-0.1, -0.05) is 77.1 Å². The van der Waals surface area contributed by atoms with Crippen molar-refractivity contribution in [2.24, 2.45) is 39.9 Å². The Hall–Kier alpha value is -5.68. The summed E-state index contributed by atoms with van der Waals surface area (Å²) in [7, 11) is 0. The zero-order valence-corrected chi connectivity index (χ0v) is 43.9. The fraction of sp³-hybridized carbons (Fsp3) is 0.544. The van der Waals surface area contributed by atoms with Gasteiger partial charge in [-0.25, -0.2) is 4.98 Å². The van der Waals surface area contributed by atoms with Crippen molar-refractivity contribution in [2.75, 3.05) is 44.9 Å². The maximum absolute atomic E-state index is 14.2. The molecule has 5 N–H and O–H groups in total. The Balaban J connectivity index is 0.692. The first-order chi connectivity index (χ1) is 34.9. The molecule has 390 valence electrons. The number of aromatic nitrogens is 1. The summed E-state index contributed by atoms with van der Waals surface area (Å²) in [6, 6.07) is 18.0. The van der Waals surface area contributed by atoms with Gasteiger partial charge in [-0.3, -0.25) is 24.0 Å². The van der Waals surface area contributed by atoms with Gasteiger partial charge in [-0.15, -0.1) is 11.3 Å². The highest BCUT2D eigenvalue weighted by atomic mass is 32.1. The third-order valence-corrected chi connectivity index (χ3v) is 17.9. The molecule has 2 aliphatic heterocycles.